The van der Waals surface area contributed by atoms with Crippen LogP contribution in [0.3, 0.4) is 0 Å². The maximum atomic E-state index is 12.4. The van der Waals surface area contributed by atoms with Gasteiger partial charge in [0.15, 0.2) is 0 Å². The maximum Gasteiger partial charge on any atom is 0.292 e. The van der Waals surface area contributed by atoms with E-state index in [-0.39, 0.29) is 23.2 Å². The van der Waals surface area contributed by atoms with E-state index in [4.69, 9.17) is 0 Å². The predicted octanol–water partition coefficient (Wildman–Crippen LogP) is 3.36. The molecule has 0 radical (unpaired) electrons. The number of anilines is 2. The quantitative estimate of drug-likeness (QED) is 0.637. The third-order valence-electron chi connectivity index (χ3n) is 4.63. The van der Waals surface area contributed by atoms with Gasteiger partial charge in [0.25, 0.3) is 11.4 Å². The first-order valence-electron chi connectivity index (χ1n) is 8.49. The lowest BCUT2D eigenvalue weighted by Gasteiger charge is -2.32. The number of piperidine rings is 1. The van der Waals surface area contributed by atoms with Crippen molar-refractivity contribution in [2.75, 3.05) is 23.3 Å². The first-order valence-corrected chi connectivity index (χ1v) is 8.49. The van der Waals surface area contributed by atoms with E-state index in [2.05, 4.69) is 5.32 Å². The molecule has 1 aliphatic heterocycles. The highest BCUT2D eigenvalue weighted by molar-refractivity contribution is 5.92. The van der Waals surface area contributed by atoms with Crippen molar-refractivity contribution in [3.05, 3.63) is 68.8 Å². The average Bonchev–Trinajstić information content (AvgIpc) is 2.68. The number of carbonyl (C=O) groups is 1. The zero-order chi connectivity index (χ0) is 19.4. The van der Waals surface area contributed by atoms with Gasteiger partial charge in [0.2, 0.25) is 5.91 Å². The monoisotopic (exact) mass is 370 g/mol. The van der Waals surface area contributed by atoms with Crippen LogP contribution in [0.4, 0.5) is 22.7 Å². The molecule has 2 aromatic carbocycles. The van der Waals surface area contributed by atoms with Gasteiger partial charge in [0.1, 0.15) is 5.69 Å². The van der Waals surface area contributed by atoms with Crippen LogP contribution in [-0.4, -0.2) is 28.8 Å². The Labute approximate surface area is 154 Å². The van der Waals surface area contributed by atoms with Crippen LogP contribution in [0.1, 0.15) is 12.8 Å². The smallest absolute Gasteiger partial charge is 0.292 e. The van der Waals surface area contributed by atoms with Gasteiger partial charge in [-0.2, -0.15) is 0 Å². The van der Waals surface area contributed by atoms with Crippen LogP contribution in [0.2, 0.25) is 0 Å². The van der Waals surface area contributed by atoms with Gasteiger partial charge in [0.05, 0.1) is 9.85 Å². The number of hydrogen-bond donors (Lipinski definition) is 1. The molecule has 9 nitrogen and oxygen atoms in total. The van der Waals surface area contributed by atoms with Crippen LogP contribution in [0.25, 0.3) is 0 Å². The molecule has 1 heterocycles. The van der Waals surface area contributed by atoms with Gasteiger partial charge in [-0.15, -0.1) is 0 Å². The van der Waals surface area contributed by atoms with Crippen molar-refractivity contribution in [3.63, 3.8) is 0 Å². The fourth-order valence-corrected chi connectivity index (χ4v) is 3.18. The summed E-state index contributed by atoms with van der Waals surface area (Å²) in [5.41, 5.74) is 1.10. The Morgan fingerprint density at radius 1 is 0.963 bits per heavy atom. The van der Waals surface area contributed by atoms with E-state index in [0.717, 1.165) is 0 Å². The van der Waals surface area contributed by atoms with Crippen LogP contribution in [-0.2, 0) is 4.79 Å². The second-order valence-electron chi connectivity index (χ2n) is 6.30. The Hall–Kier alpha value is -3.49. The fraction of sp³-hybridized carbons (Fsp3) is 0.278. The maximum absolute atomic E-state index is 12.4. The summed E-state index contributed by atoms with van der Waals surface area (Å²) in [6, 6.07) is 12.3. The van der Waals surface area contributed by atoms with E-state index in [1.165, 1.54) is 30.3 Å². The number of nitro groups is 2. The zero-order valence-corrected chi connectivity index (χ0v) is 14.4. The van der Waals surface area contributed by atoms with Crippen molar-refractivity contribution in [1.82, 2.24) is 0 Å². The van der Waals surface area contributed by atoms with Crippen molar-refractivity contribution in [2.24, 2.45) is 5.92 Å². The molecule has 1 aliphatic rings. The highest BCUT2D eigenvalue weighted by Gasteiger charge is 2.28. The molecule has 140 valence electrons. The van der Waals surface area contributed by atoms with Crippen molar-refractivity contribution >= 4 is 28.7 Å². The molecule has 0 atom stereocenters. The third kappa shape index (κ3) is 4.20. The molecular formula is C18H18N4O5. The minimum absolute atomic E-state index is 0.0363. The molecule has 2 aromatic rings. The second kappa shape index (κ2) is 7.81. The average molecular weight is 370 g/mol. The van der Waals surface area contributed by atoms with Crippen LogP contribution >= 0.6 is 0 Å². The van der Waals surface area contributed by atoms with Gasteiger partial charge in [-0.25, -0.2) is 0 Å². The molecule has 27 heavy (non-hydrogen) atoms. The molecule has 0 spiro atoms. The molecule has 0 aromatic heterocycles. The first kappa shape index (κ1) is 18.3. The predicted molar refractivity (Wildman–Crippen MR) is 99.8 cm³/mol. The van der Waals surface area contributed by atoms with Crippen LogP contribution < -0.4 is 10.2 Å². The Morgan fingerprint density at radius 2 is 1.59 bits per heavy atom. The molecule has 1 fully saturated rings. The molecule has 0 bridgehead atoms. The summed E-state index contributed by atoms with van der Waals surface area (Å²) in [6.45, 7) is 1.09. The number of carbonyl (C=O) groups excluding carboxylic acids is 1. The summed E-state index contributed by atoms with van der Waals surface area (Å²) < 4.78 is 0. The Morgan fingerprint density at radius 3 is 2.19 bits per heavy atom. The molecule has 9 heteroatoms. The molecule has 1 amide bonds. The third-order valence-corrected chi connectivity index (χ3v) is 4.63. The highest BCUT2D eigenvalue weighted by atomic mass is 16.6. The van der Waals surface area contributed by atoms with Crippen LogP contribution in [0.5, 0.6) is 0 Å². The number of nitro benzene ring substituents is 2. The van der Waals surface area contributed by atoms with Gasteiger partial charge in [-0.3, -0.25) is 25.0 Å². The summed E-state index contributed by atoms with van der Waals surface area (Å²) in [5.74, 6) is -0.356. The number of non-ortho nitro benzene ring substituents is 1. The SMILES string of the molecule is O=C(Nc1ccc([N+](=O)[O-])cc1)C1CCN(c2ccccc2[N+](=O)[O-])CC1. The molecule has 0 aliphatic carbocycles. The lowest BCUT2D eigenvalue weighted by atomic mass is 9.95. The number of amides is 1. The molecular weight excluding hydrogens is 352 g/mol. The minimum atomic E-state index is -0.496. The normalized spacial score (nSPS) is 14.6. The number of benzene rings is 2. The Balaban J connectivity index is 1.60. The molecule has 1 N–H and O–H groups in total. The summed E-state index contributed by atoms with van der Waals surface area (Å²) in [4.78, 5) is 35.3. The Kier molecular flexibility index (Phi) is 5.30. The second-order valence-corrected chi connectivity index (χ2v) is 6.30. The lowest BCUT2D eigenvalue weighted by Crippen LogP contribution is -2.38. The van der Waals surface area contributed by atoms with Gasteiger partial charge < -0.3 is 10.2 Å². The van der Waals surface area contributed by atoms with Crippen molar-refractivity contribution in [2.45, 2.75) is 12.8 Å². The number of rotatable bonds is 5. The summed E-state index contributed by atoms with van der Waals surface area (Å²) in [5, 5.41) is 24.6. The molecule has 0 unspecified atom stereocenters. The summed E-state index contributed by atoms with van der Waals surface area (Å²) >= 11 is 0. The Bertz CT molecular complexity index is 860. The topological polar surface area (TPSA) is 119 Å². The van der Waals surface area contributed by atoms with E-state index < -0.39 is 9.85 Å². The highest BCUT2D eigenvalue weighted by Crippen LogP contribution is 2.31. The molecule has 1 saturated heterocycles. The van der Waals surface area contributed by atoms with Gasteiger partial charge in [-0.05, 0) is 31.0 Å². The largest absolute Gasteiger partial charge is 0.366 e. The van der Waals surface area contributed by atoms with E-state index in [9.17, 15) is 25.0 Å². The van der Waals surface area contributed by atoms with Gasteiger partial charge in [0, 0.05) is 42.9 Å². The summed E-state index contributed by atoms with van der Waals surface area (Å²) in [7, 11) is 0. The van der Waals surface area contributed by atoms with Crippen LogP contribution in [0.15, 0.2) is 48.5 Å². The fourth-order valence-electron chi connectivity index (χ4n) is 3.18. The standard InChI is InChI=1S/C18H18N4O5/c23-18(19-14-5-7-15(8-6-14)21(24)25)13-9-11-20(12-10-13)16-3-1-2-4-17(16)22(26)27/h1-8,13H,9-12H2,(H,19,23). The van der Waals surface area contributed by atoms with E-state index in [0.29, 0.717) is 37.3 Å². The lowest BCUT2D eigenvalue weighted by molar-refractivity contribution is -0.384. The van der Waals surface area contributed by atoms with E-state index in [1.54, 1.807) is 18.2 Å². The van der Waals surface area contributed by atoms with Crippen molar-refractivity contribution in [3.8, 4) is 0 Å². The van der Waals surface area contributed by atoms with Gasteiger partial charge >= 0.3 is 0 Å². The van der Waals surface area contributed by atoms with Gasteiger partial charge in [-0.1, -0.05) is 12.1 Å². The van der Waals surface area contributed by atoms with Crippen molar-refractivity contribution < 1.29 is 14.6 Å². The number of hydrogen-bond acceptors (Lipinski definition) is 6. The minimum Gasteiger partial charge on any atom is -0.366 e. The molecule has 3 rings (SSSR count). The van der Waals surface area contributed by atoms with E-state index >= 15 is 0 Å². The zero-order valence-electron chi connectivity index (χ0n) is 14.4. The number of nitrogens with zero attached hydrogens (tertiary/aromatic N) is 3. The van der Waals surface area contributed by atoms with Crippen molar-refractivity contribution in [1.29, 1.82) is 0 Å². The first-order chi connectivity index (χ1) is 13.0. The number of para-hydroxylation sites is 2. The van der Waals surface area contributed by atoms with Crippen LogP contribution in [0, 0.1) is 26.1 Å². The summed E-state index contributed by atoms with van der Waals surface area (Å²) in [6.07, 6.45) is 1.15. The molecule has 0 saturated carbocycles. The number of nitrogens with one attached hydrogen (secondary N) is 1. The van der Waals surface area contributed by atoms with E-state index in [1.807, 2.05) is 4.90 Å².